The lowest BCUT2D eigenvalue weighted by atomic mass is 10.0. The molecule has 0 amide bonds. The summed E-state index contributed by atoms with van der Waals surface area (Å²) in [4.78, 5) is 24.3. The third-order valence-electron chi connectivity index (χ3n) is 7.58. The molecule has 0 radical (unpaired) electrons. The first-order valence-electron chi connectivity index (χ1n) is 13.8. The van der Waals surface area contributed by atoms with Gasteiger partial charge in [0.25, 0.3) is 0 Å². The zero-order valence-corrected chi connectivity index (χ0v) is 22.5. The molecular weight excluding hydrogens is 514 g/mol. The van der Waals surface area contributed by atoms with E-state index in [4.69, 9.17) is 19.9 Å². The Morgan fingerprint density at radius 1 is 0.381 bits per heavy atom. The minimum absolute atomic E-state index is 0.575. The van der Waals surface area contributed by atoms with Gasteiger partial charge in [-0.25, -0.2) is 15.0 Å². The molecule has 0 atom stereocenters. The van der Waals surface area contributed by atoms with Crippen LogP contribution in [0.3, 0.4) is 0 Å². The summed E-state index contributed by atoms with van der Waals surface area (Å²) in [6, 6.07) is 43.4. The fraction of sp³-hybridized carbons (Fsp3) is 0. The summed E-state index contributed by atoms with van der Waals surface area (Å²) in [7, 11) is 0. The molecule has 5 heteroatoms. The molecular formula is C37H23N5. The monoisotopic (exact) mass is 537 g/mol. The van der Waals surface area contributed by atoms with Gasteiger partial charge in [-0.15, -0.1) is 0 Å². The molecule has 5 nitrogen and oxygen atoms in total. The molecule has 0 unspecified atom stereocenters. The smallest absolute Gasteiger partial charge is 0.165 e. The highest BCUT2D eigenvalue weighted by molar-refractivity contribution is 5.93. The third kappa shape index (κ3) is 4.34. The molecule has 0 aliphatic heterocycles. The largest absolute Gasteiger partial charge is 0.256 e. The molecule has 0 aliphatic rings. The average Bonchev–Trinajstić information content (AvgIpc) is 3.07. The Labute approximate surface area is 242 Å². The number of hydrogen-bond donors (Lipinski definition) is 0. The van der Waals surface area contributed by atoms with Crippen LogP contribution in [0.25, 0.3) is 77.9 Å². The standard InChI is InChI=1S/C37H23N5/c1-3-9-27-21-29(16-14-24(27)7-1)35-40-36(30-17-15-25-8-2-4-10-28(25)22-30)42-37(41-35)31-18-19-33(39-23-31)32-13-5-11-26-12-6-20-38-34(26)32/h1-23H. The number of benzene rings is 5. The zero-order valence-electron chi connectivity index (χ0n) is 22.5. The molecule has 0 saturated heterocycles. The van der Waals surface area contributed by atoms with E-state index in [0.717, 1.165) is 49.6 Å². The number of hydrogen-bond acceptors (Lipinski definition) is 5. The van der Waals surface area contributed by atoms with Crippen molar-refractivity contribution >= 4 is 32.4 Å². The van der Waals surface area contributed by atoms with Crippen molar-refractivity contribution < 1.29 is 0 Å². The summed E-state index contributed by atoms with van der Waals surface area (Å²) in [5, 5.41) is 5.71. The number of aromatic nitrogens is 5. The molecule has 0 bridgehead atoms. The van der Waals surface area contributed by atoms with Gasteiger partial charge in [0.15, 0.2) is 17.5 Å². The Bertz CT molecular complexity index is 2150. The van der Waals surface area contributed by atoms with Gasteiger partial charge in [-0.3, -0.25) is 9.97 Å². The normalized spacial score (nSPS) is 11.3. The summed E-state index contributed by atoms with van der Waals surface area (Å²) in [6.45, 7) is 0. The minimum Gasteiger partial charge on any atom is -0.256 e. The number of nitrogens with zero attached hydrogens (tertiary/aromatic N) is 5. The van der Waals surface area contributed by atoms with E-state index in [2.05, 4.69) is 83.8 Å². The Balaban J connectivity index is 1.27. The fourth-order valence-electron chi connectivity index (χ4n) is 5.42. The molecule has 0 spiro atoms. The van der Waals surface area contributed by atoms with E-state index < -0.39 is 0 Å². The van der Waals surface area contributed by atoms with Crippen molar-refractivity contribution in [2.45, 2.75) is 0 Å². The second-order valence-electron chi connectivity index (χ2n) is 10.2. The van der Waals surface area contributed by atoms with Crippen LogP contribution in [0.15, 0.2) is 140 Å². The van der Waals surface area contributed by atoms with Crippen LogP contribution in [0.1, 0.15) is 0 Å². The summed E-state index contributed by atoms with van der Waals surface area (Å²) < 4.78 is 0. The van der Waals surface area contributed by atoms with Crippen molar-refractivity contribution in [2.75, 3.05) is 0 Å². The van der Waals surface area contributed by atoms with Crippen LogP contribution < -0.4 is 0 Å². The van der Waals surface area contributed by atoms with Crippen LogP contribution in [0.2, 0.25) is 0 Å². The Morgan fingerprint density at radius 3 is 1.55 bits per heavy atom. The summed E-state index contributed by atoms with van der Waals surface area (Å²) in [6.07, 6.45) is 3.65. The van der Waals surface area contributed by atoms with Gasteiger partial charge in [0.2, 0.25) is 0 Å². The van der Waals surface area contributed by atoms with Crippen molar-refractivity contribution in [3.8, 4) is 45.4 Å². The van der Waals surface area contributed by atoms with E-state index in [1.807, 2.05) is 60.9 Å². The van der Waals surface area contributed by atoms with Crippen LogP contribution in [-0.2, 0) is 0 Å². The van der Waals surface area contributed by atoms with E-state index in [-0.39, 0.29) is 0 Å². The van der Waals surface area contributed by atoms with Gasteiger partial charge < -0.3 is 0 Å². The highest BCUT2D eigenvalue weighted by atomic mass is 15.0. The molecule has 42 heavy (non-hydrogen) atoms. The maximum absolute atomic E-state index is 4.96. The SMILES string of the molecule is c1ccc2cc(-c3nc(-c4ccc(-c5cccc6cccnc56)nc4)nc(-c4ccc5ccccc5c4)n3)ccc2c1. The van der Waals surface area contributed by atoms with Crippen LogP contribution in [0.5, 0.6) is 0 Å². The highest BCUT2D eigenvalue weighted by Crippen LogP contribution is 2.30. The molecule has 8 aromatic rings. The molecule has 0 fully saturated rings. The lowest BCUT2D eigenvalue weighted by Gasteiger charge is -2.10. The first-order chi connectivity index (χ1) is 20.8. The van der Waals surface area contributed by atoms with Crippen LogP contribution in [0, 0.1) is 0 Å². The predicted octanol–water partition coefficient (Wildman–Crippen LogP) is 8.79. The second kappa shape index (κ2) is 9.98. The number of pyridine rings is 2. The first-order valence-corrected chi connectivity index (χ1v) is 13.8. The first kappa shape index (κ1) is 24.0. The average molecular weight is 538 g/mol. The van der Waals surface area contributed by atoms with Gasteiger partial charge >= 0.3 is 0 Å². The number of rotatable bonds is 4. The third-order valence-corrected chi connectivity index (χ3v) is 7.58. The van der Waals surface area contributed by atoms with Gasteiger partial charge in [0, 0.05) is 40.0 Å². The second-order valence-corrected chi connectivity index (χ2v) is 10.2. The van der Waals surface area contributed by atoms with Crippen molar-refractivity contribution in [1.29, 1.82) is 0 Å². The van der Waals surface area contributed by atoms with Gasteiger partial charge in [0.1, 0.15) is 0 Å². The van der Waals surface area contributed by atoms with Gasteiger partial charge in [-0.1, -0.05) is 97.1 Å². The van der Waals surface area contributed by atoms with Crippen molar-refractivity contribution in [2.24, 2.45) is 0 Å². The van der Waals surface area contributed by atoms with Crippen LogP contribution in [0.4, 0.5) is 0 Å². The van der Waals surface area contributed by atoms with Crippen molar-refractivity contribution in [3.63, 3.8) is 0 Å². The summed E-state index contributed by atoms with van der Waals surface area (Å²) in [5.74, 6) is 1.82. The zero-order chi connectivity index (χ0) is 27.9. The van der Waals surface area contributed by atoms with Gasteiger partial charge in [0.05, 0.1) is 11.2 Å². The fourth-order valence-corrected chi connectivity index (χ4v) is 5.42. The summed E-state index contributed by atoms with van der Waals surface area (Å²) in [5.41, 5.74) is 5.46. The Morgan fingerprint density at radius 2 is 0.929 bits per heavy atom. The topological polar surface area (TPSA) is 64.5 Å². The van der Waals surface area contributed by atoms with E-state index >= 15 is 0 Å². The predicted molar refractivity (Wildman–Crippen MR) is 170 cm³/mol. The lowest BCUT2D eigenvalue weighted by Crippen LogP contribution is -2.00. The van der Waals surface area contributed by atoms with E-state index in [1.54, 1.807) is 0 Å². The molecule has 0 N–H and O–H groups in total. The lowest BCUT2D eigenvalue weighted by molar-refractivity contribution is 1.07. The number of fused-ring (bicyclic) bond motifs is 3. The molecule has 3 heterocycles. The van der Waals surface area contributed by atoms with E-state index in [0.29, 0.717) is 17.5 Å². The van der Waals surface area contributed by atoms with Crippen LogP contribution in [-0.4, -0.2) is 24.9 Å². The molecule has 0 saturated carbocycles. The van der Waals surface area contributed by atoms with E-state index in [1.165, 1.54) is 10.8 Å². The molecule has 3 aromatic heterocycles. The van der Waals surface area contributed by atoms with E-state index in [9.17, 15) is 0 Å². The molecule has 0 aliphatic carbocycles. The van der Waals surface area contributed by atoms with Gasteiger partial charge in [-0.2, -0.15) is 0 Å². The maximum Gasteiger partial charge on any atom is 0.165 e. The van der Waals surface area contributed by atoms with Crippen molar-refractivity contribution in [3.05, 3.63) is 140 Å². The van der Waals surface area contributed by atoms with Crippen LogP contribution >= 0.6 is 0 Å². The molecule has 8 rings (SSSR count). The highest BCUT2D eigenvalue weighted by Gasteiger charge is 2.14. The molecule has 196 valence electrons. The Hall–Kier alpha value is -5.81. The Kier molecular flexibility index (Phi) is 5.71. The maximum atomic E-state index is 4.96. The van der Waals surface area contributed by atoms with Crippen molar-refractivity contribution in [1.82, 2.24) is 24.9 Å². The summed E-state index contributed by atoms with van der Waals surface area (Å²) >= 11 is 0. The van der Waals surface area contributed by atoms with Gasteiger partial charge in [-0.05, 0) is 51.9 Å². The molecule has 5 aromatic carbocycles. The quantitative estimate of drug-likeness (QED) is 0.224. The minimum atomic E-state index is 0.575. The number of para-hydroxylation sites is 1.